The molecule has 0 fully saturated rings. The van der Waals surface area contributed by atoms with E-state index in [4.69, 9.17) is 0 Å². The van der Waals surface area contributed by atoms with Gasteiger partial charge >= 0.3 is 0 Å². The summed E-state index contributed by atoms with van der Waals surface area (Å²) in [6.45, 7) is 0. The molecular formula is C21H16O. The molecule has 0 heterocycles. The first kappa shape index (κ1) is 12.9. The number of hydrogen-bond donors (Lipinski definition) is 1. The highest BCUT2D eigenvalue weighted by atomic mass is 16.3. The van der Waals surface area contributed by atoms with E-state index in [-0.39, 0.29) is 0 Å². The number of phenols is 1. The molecule has 0 saturated heterocycles. The average Bonchev–Trinajstić information content (AvgIpc) is 2.58. The van der Waals surface area contributed by atoms with Crippen LogP contribution in [-0.2, 0) is 6.42 Å². The van der Waals surface area contributed by atoms with Gasteiger partial charge in [0.2, 0.25) is 0 Å². The first-order valence-electron chi connectivity index (χ1n) is 7.49. The van der Waals surface area contributed by atoms with E-state index in [1.165, 1.54) is 21.7 Å². The molecule has 0 aliphatic carbocycles. The Labute approximate surface area is 129 Å². The van der Waals surface area contributed by atoms with Crippen LogP contribution in [0.4, 0.5) is 0 Å². The van der Waals surface area contributed by atoms with Gasteiger partial charge in [0.25, 0.3) is 0 Å². The summed E-state index contributed by atoms with van der Waals surface area (Å²) in [5.41, 5.74) is 2.20. The van der Waals surface area contributed by atoms with E-state index in [1.54, 1.807) is 0 Å². The van der Waals surface area contributed by atoms with Crippen LogP contribution >= 0.6 is 0 Å². The monoisotopic (exact) mass is 284 g/mol. The highest BCUT2D eigenvalue weighted by Gasteiger charge is 2.10. The molecule has 4 aromatic rings. The van der Waals surface area contributed by atoms with Gasteiger partial charge in [-0.15, -0.1) is 0 Å². The number of benzene rings is 4. The second-order valence-electron chi connectivity index (χ2n) is 5.61. The van der Waals surface area contributed by atoms with E-state index >= 15 is 0 Å². The van der Waals surface area contributed by atoms with Gasteiger partial charge in [-0.25, -0.2) is 0 Å². The topological polar surface area (TPSA) is 20.2 Å². The molecule has 4 aromatic carbocycles. The molecule has 0 unspecified atom stereocenters. The largest absolute Gasteiger partial charge is 0.508 e. The summed E-state index contributed by atoms with van der Waals surface area (Å²) in [4.78, 5) is 0. The van der Waals surface area contributed by atoms with E-state index in [9.17, 15) is 5.11 Å². The Morgan fingerprint density at radius 1 is 0.591 bits per heavy atom. The molecule has 1 N–H and O–H groups in total. The van der Waals surface area contributed by atoms with Crippen molar-refractivity contribution in [3.8, 4) is 5.75 Å². The summed E-state index contributed by atoms with van der Waals surface area (Å²) >= 11 is 0. The van der Waals surface area contributed by atoms with Crippen LogP contribution < -0.4 is 0 Å². The maximum Gasteiger partial charge on any atom is 0.119 e. The van der Waals surface area contributed by atoms with Crippen molar-refractivity contribution in [2.75, 3.05) is 0 Å². The zero-order valence-corrected chi connectivity index (χ0v) is 12.2. The molecule has 0 radical (unpaired) electrons. The summed E-state index contributed by atoms with van der Waals surface area (Å²) in [5, 5.41) is 15.1. The minimum absolute atomic E-state index is 0.367. The Hall–Kier alpha value is -2.80. The second-order valence-corrected chi connectivity index (χ2v) is 5.61. The van der Waals surface area contributed by atoms with Gasteiger partial charge in [-0.2, -0.15) is 0 Å². The molecule has 4 rings (SSSR count). The van der Waals surface area contributed by atoms with E-state index in [0.717, 1.165) is 17.4 Å². The van der Waals surface area contributed by atoms with Gasteiger partial charge in [-0.05, 0) is 33.2 Å². The lowest BCUT2D eigenvalue weighted by molar-refractivity contribution is 0.470. The lowest BCUT2D eigenvalue weighted by Crippen LogP contribution is -1.91. The number of phenolic OH excluding ortho intramolecular Hbond substituents is 1. The second kappa shape index (κ2) is 5.19. The Bertz CT molecular complexity index is 955. The number of hydrogen-bond acceptors (Lipinski definition) is 1. The van der Waals surface area contributed by atoms with E-state index in [0.29, 0.717) is 5.75 Å². The zero-order valence-electron chi connectivity index (χ0n) is 12.2. The Morgan fingerprint density at radius 2 is 1.32 bits per heavy atom. The summed E-state index contributed by atoms with van der Waals surface area (Å²) in [5.74, 6) is 0.367. The third-order valence-corrected chi connectivity index (χ3v) is 4.24. The fourth-order valence-electron chi connectivity index (χ4n) is 3.12. The third kappa shape index (κ3) is 2.11. The summed E-state index contributed by atoms with van der Waals surface area (Å²) < 4.78 is 0. The van der Waals surface area contributed by atoms with Gasteiger partial charge in [0, 0.05) is 12.0 Å². The molecule has 0 bridgehead atoms. The number of fused-ring (bicyclic) bond motifs is 3. The lowest BCUT2D eigenvalue weighted by atomic mass is 9.94. The highest BCUT2D eigenvalue weighted by Crippen LogP contribution is 2.33. The molecular weight excluding hydrogens is 268 g/mol. The van der Waals surface area contributed by atoms with Crippen molar-refractivity contribution < 1.29 is 5.11 Å². The molecule has 0 saturated carbocycles. The van der Waals surface area contributed by atoms with E-state index in [2.05, 4.69) is 48.5 Å². The van der Waals surface area contributed by atoms with Crippen molar-refractivity contribution in [1.82, 2.24) is 0 Å². The molecule has 0 atom stereocenters. The van der Waals surface area contributed by atoms with Crippen molar-refractivity contribution in [2.45, 2.75) is 6.42 Å². The third-order valence-electron chi connectivity index (χ3n) is 4.24. The maximum absolute atomic E-state index is 10.3. The van der Waals surface area contributed by atoms with Gasteiger partial charge in [0.1, 0.15) is 5.75 Å². The van der Waals surface area contributed by atoms with Crippen molar-refractivity contribution in [1.29, 1.82) is 0 Å². The van der Waals surface area contributed by atoms with Crippen LogP contribution in [0, 0.1) is 0 Å². The van der Waals surface area contributed by atoms with Gasteiger partial charge in [0.15, 0.2) is 0 Å². The first-order chi connectivity index (χ1) is 10.8. The van der Waals surface area contributed by atoms with Crippen molar-refractivity contribution in [3.63, 3.8) is 0 Å². The molecule has 0 aromatic heterocycles. The summed E-state index contributed by atoms with van der Waals surface area (Å²) in [7, 11) is 0. The van der Waals surface area contributed by atoms with Crippen LogP contribution in [0.15, 0.2) is 78.9 Å². The minimum atomic E-state index is 0.367. The summed E-state index contributed by atoms with van der Waals surface area (Å²) in [6.07, 6.45) is 0.738. The van der Waals surface area contributed by atoms with Crippen LogP contribution in [0.3, 0.4) is 0 Å². The minimum Gasteiger partial charge on any atom is -0.508 e. The highest BCUT2D eigenvalue weighted by molar-refractivity contribution is 6.09. The number of aromatic hydroxyl groups is 1. The predicted octanol–water partition coefficient (Wildman–Crippen LogP) is 5.29. The molecule has 0 spiro atoms. The Kier molecular flexibility index (Phi) is 3.05. The molecule has 1 nitrogen and oxygen atoms in total. The van der Waals surface area contributed by atoms with E-state index < -0.39 is 0 Å². The van der Waals surface area contributed by atoms with E-state index in [1.807, 2.05) is 30.3 Å². The Balaban J connectivity index is 1.97. The molecule has 0 aliphatic heterocycles. The SMILES string of the molecule is Oc1ccc2c(ccc3ccccc32)c1Cc1ccccc1. The number of rotatable bonds is 2. The van der Waals surface area contributed by atoms with Gasteiger partial charge < -0.3 is 5.11 Å². The van der Waals surface area contributed by atoms with Crippen LogP contribution in [-0.4, -0.2) is 5.11 Å². The normalized spacial score (nSPS) is 11.1. The Morgan fingerprint density at radius 3 is 2.18 bits per heavy atom. The molecule has 106 valence electrons. The molecule has 22 heavy (non-hydrogen) atoms. The quantitative estimate of drug-likeness (QED) is 0.496. The van der Waals surface area contributed by atoms with Gasteiger partial charge in [0.05, 0.1) is 0 Å². The maximum atomic E-state index is 10.3. The van der Waals surface area contributed by atoms with Crippen molar-refractivity contribution in [2.24, 2.45) is 0 Å². The zero-order chi connectivity index (χ0) is 14.9. The molecule has 1 heteroatoms. The predicted molar refractivity (Wildman–Crippen MR) is 92.4 cm³/mol. The van der Waals surface area contributed by atoms with Crippen molar-refractivity contribution >= 4 is 21.5 Å². The van der Waals surface area contributed by atoms with Crippen LogP contribution in [0.5, 0.6) is 5.75 Å². The van der Waals surface area contributed by atoms with Gasteiger partial charge in [-0.1, -0.05) is 72.8 Å². The van der Waals surface area contributed by atoms with Gasteiger partial charge in [-0.3, -0.25) is 0 Å². The van der Waals surface area contributed by atoms with Crippen LogP contribution in [0.25, 0.3) is 21.5 Å². The average molecular weight is 284 g/mol. The fraction of sp³-hybridized carbons (Fsp3) is 0.0476. The molecule has 0 amide bonds. The molecule has 0 aliphatic rings. The first-order valence-corrected chi connectivity index (χ1v) is 7.49. The fourth-order valence-corrected chi connectivity index (χ4v) is 3.12. The van der Waals surface area contributed by atoms with Crippen molar-refractivity contribution in [3.05, 3.63) is 90.0 Å². The standard InChI is InChI=1S/C21H16O/c22-21-13-12-18-17-9-5-4-8-16(17)10-11-19(18)20(21)14-15-6-2-1-3-7-15/h1-13,22H,14H2. The lowest BCUT2D eigenvalue weighted by Gasteiger charge is -2.11. The van der Waals surface area contributed by atoms with Crippen LogP contribution in [0.1, 0.15) is 11.1 Å². The smallest absolute Gasteiger partial charge is 0.119 e. The van der Waals surface area contributed by atoms with Crippen LogP contribution in [0.2, 0.25) is 0 Å². The summed E-state index contributed by atoms with van der Waals surface area (Å²) in [6, 6.07) is 26.7.